The van der Waals surface area contributed by atoms with Gasteiger partial charge in [-0.2, -0.15) is 0 Å². The monoisotopic (exact) mass is 258 g/mol. The lowest BCUT2D eigenvalue weighted by molar-refractivity contribution is 0.0950. The summed E-state index contributed by atoms with van der Waals surface area (Å²) in [6.07, 6.45) is 0. The van der Waals surface area contributed by atoms with Gasteiger partial charge in [-0.15, -0.1) is 0 Å². The number of amides is 1. The molecule has 0 atom stereocenters. The average molecular weight is 259 g/mol. The molecule has 0 fully saturated rings. The first-order valence-corrected chi connectivity index (χ1v) is 5.85. The summed E-state index contributed by atoms with van der Waals surface area (Å²) in [5, 5.41) is 5.87. The van der Waals surface area contributed by atoms with Crippen LogP contribution in [0.25, 0.3) is 0 Å². The minimum Gasteiger partial charge on any atom is -0.351 e. The fourth-order valence-electron chi connectivity index (χ4n) is 1.34. The molecule has 2 N–H and O–H groups in total. The second-order valence-corrected chi connectivity index (χ2v) is 4.37. The highest BCUT2D eigenvalue weighted by Crippen LogP contribution is 2.18. The van der Waals surface area contributed by atoms with Crippen LogP contribution in [0.3, 0.4) is 0 Å². The van der Waals surface area contributed by atoms with Crippen LogP contribution in [-0.2, 0) is 0 Å². The van der Waals surface area contributed by atoms with Crippen LogP contribution >= 0.6 is 11.6 Å². The lowest BCUT2D eigenvalue weighted by Gasteiger charge is -2.10. The highest BCUT2D eigenvalue weighted by atomic mass is 35.5. The van der Waals surface area contributed by atoms with Crippen molar-refractivity contribution in [2.24, 2.45) is 0 Å². The second kappa shape index (κ2) is 6.57. The third kappa shape index (κ3) is 4.32. The van der Waals surface area contributed by atoms with Gasteiger partial charge in [-0.1, -0.05) is 31.5 Å². The number of hydrogen-bond donors (Lipinski definition) is 2. The zero-order valence-corrected chi connectivity index (χ0v) is 10.6. The maximum Gasteiger partial charge on any atom is 0.255 e. The third-order valence-corrected chi connectivity index (χ3v) is 2.47. The van der Waals surface area contributed by atoms with E-state index < -0.39 is 11.7 Å². The van der Waals surface area contributed by atoms with Gasteiger partial charge >= 0.3 is 0 Å². The van der Waals surface area contributed by atoms with Crippen molar-refractivity contribution in [2.45, 2.75) is 19.9 Å². The minimum atomic E-state index is -0.605. The van der Waals surface area contributed by atoms with Gasteiger partial charge in [0, 0.05) is 19.1 Å². The van der Waals surface area contributed by atoms with E-state index in [4.69, 9.17) is 11.6 Å². The normalized spacial score (nSPS) is 10.6. The fourth-order valence-corrected chi connectivity index (χ4v) is 1.59. The number of hydrogen-bond acceptors (Lipinski definition) is 2. The molecule has 1 amide bonds. The van der Waals surface area contributed by atoms with E-state index in [9.17, 15) is 9.18 Å². The number of carbonyl (C=O) groups is 1. The first kappa shape index (κ1) is 13.9. The molecule has 17 heavy (non-hydrogen) atoms. The van der Waals surface area contributed by atoms with Gasteiger partial charge in [-0.05, 0) is 12.1 Å². The van der Waals surface area contributed by atoms with Gasteiger partial charge in [-0.3, -0.25) is 4.79 Å². The van der Waals surface area contributed by atoms with Gasteiger partial charge < -0.3 is 10.6 Å². The number of benzene rings is 1. The molecule has 1 aromatic carbocycles. The van der Waals surface area contributed by atoms with E-state index in [-0.39, 0.29) is 10.6 Å². The predicted octanol–water partition coefficient (Wildman–Crippen LogP) is 2.21. The Labute approximate surface area is 105 Å². The van der Waals surface area contributed by atoms with Crippen LogP contribution in [0.1, 0.15) is 24.2 Å². The lowest BCUT2D eigenvalue weighted by Crippen LogP contribution is -2.35. The van der Waals surface area contributed by atoms with Gasteiger partial charge in [0.15, 0.2) is 0 Å². The van der Waals surface area contributed by atoms with Gasteiger partial charge in [-0.25, -0.2) is 4.39 Å². The highest BCUT2D eigenvalue weighted by molar-refractivity contribution is 6.33. The number of halogens is 2. The van der Waals surface area contributed by atoms with Crippen LogP contribution in [0.15, 0.2) is 18.2 Å². The molecule has 5 heteroatoms. The molecule has 0 saturated carbocycles. The molecule has 1 aromatic rings. The largest absolute Gasteiger partial charge is 0.351 e. The Hall–Kier alpha value is -1.13. The molecule has 1 rings (SSSR count). The zero-order valence-electron chi connectivity index (χ0n) is 9.89. The Morgan fingerprint density at radius 1 is 1.41 bits per heavy atom. The van der Waals surface area contributed by atoms with Crippen LogP contribution in [0.2, 0.25) is 5.02 Å². The number of nitrogens with one attached hydrogen (secondary N) is 2. The fraction of sp³-hybridized carbons (Fsp3) is 0.417. The van der Waals surface area contributed by atoms with E-state index >= 15 is 0 Å². The summed E-state index contributed by atoms with van der Waals surface area (Å²) < 4.78 is 13.4. The van der Waals surface area contributed by atoms with E-state index in [1.807, 2.05) is 13.8 Å². The molecular weight excluding hydrogens is 243 g/mol. The summed E-state index contributed by atoms with van der Waals surface area (Å²) in [6.45, 7) is 5.09. The van der Waals surface area contributed by atoms with E-state index in [0.717, 1.165) is 0 Å². The van der Waals surface area contributed by atoms with Crippen molar-refractivity contribution in [1.82, 2.24) is 10.6 Å². The maximum absolute atomic E-state index is 13.4. The molecule has 0 unspecified atom stereocenters. The topological polar surface area (TPSA) is 41.1 Å². The van der Waals surface area contributed by atoms with Crippen molar-refractivity contribution in [3.8, 4) is 0 Å². The lowest BCUT2D eigenvalue weighted by atomic mass is 10.2. The predicted molar refractivity (Wildman–Crippen MR) is 66.9 cm³/mol. The quantitative estimate of drug-likeness (QED) is 0.795. The molecule has 0 aliphatic rings. The number of rotatable bonds is 5. The first-order chi connectivity index (χ1) is 8.02. The van der Waals surface area contributed by atoms with Gasteiger partial charge in [0.25, 0.3) is 5.91 Å². The Bertz CT molecular complexity index is 376. The minimum absolute atomic E-state index is 0.0984. The summed E-state index contributed by atoms with van der Waals surface area (Å²) in [6, 6.07) is 4.53. The summed E-state index contributed by atoms with van der Waals surface area (Å²) >= 11 is 5.77. The molecule has 0 radical (unpaired) electrons. The van der Waals surface area contributed by atoms with Crippen molar-refractivity contribution in [1.29, 1.82) is 0 Å². The van der Waals surface area contributed by atoms with E-state index in [0.29, 0.717) is 19.1 Å². The van der Waals surface area contributed by atoms with Crippen molar-refractivity contribution >= 4 is 17.5 Å². The van der Waals surface area contributed by atoms with Crippen molar-refractivity contribution < 1.29 is 9.18 Å². The highest BCUT2D eigenvalue weighted by Gasteiger charge is 2.14. The maximum atomic E-state index is 13.4. The van der Waals surface area contributed by atoms with E-state index in [1.54, 1.807) is 0 Å². The summed E-state index contributed by atoms with van der Waals surface area (Å²) in [7, 11) is 0. The molecule has 0 aromatic heterocycles. The van der Waals surface area contributed by atoms with Gasteiger partial charge in [0.1, 0.15) is 5.82 Å². The molecule has 0 aliphatic heterocycles. The van der Waals surface area contributed by atoms with Crippen molar-refractivity contribution in [3.05, 3.63) is 34.6 Å². The average Bonchev–Trinajstić information content (AvgIpc) is 2.24. The Morgan fingerprint density at radius 3 is 2.71 bits per heavy atom. The summed E-state index contributed by atoms with van der Waals surface area (Å²) in [4.78, 5) is 11.7. The molecule has 3 nitrogen and oxygen atoms in total. The van der Waals surface area contributed by atoms with Gasteiger partial charge in [0.2, 0.25) is 0 Å². The third-order valence-electron chi connectivity index (χ3n) is 2.15. The molecular formula is C12H16ClFN2O. The number of carbonyl (C=O) groups excluding carboxylic acids is 1. The van der Waals surface area contributed by atoms with E-state index in [1.165, 1.54) is 18.2 Å². The SMILES string of the molecule is CC(C)NCCNC(=O)c1c(F)cccc1Cl. The standard InChI is InChI=1S/C12H16ClFN2O/c1-8(2)15-6-7-16-12(17)11-9(13)4-3-5-10(11)14/h3-5,8,15H,6-7H2,1-2H3,(H,16,17). The molecule has 0 aliphatic carbocycles. The van der Waals surface area contributed by atoms with Gasteiger partial charge in [0.05, 0.1) is 10.6 Å². The van der Waals surface area contributed by atoms with Crippen LogP contribution in [-0.4, -0.2) is 25.0 Å². The van der Waals surface area contributed by atoms with Crippen molar-refractivity contribution in [3.63, 3.8) is 0 Å². The Kier molecular flexibility index (Phi) is 5.38. The molecule has 94 valence electrons. The molecule has 0 spiro atoms. The van der Waals surface area contributed by atoms with Crippen LogP contribution < -0.4 is 10.6 Å². The first-order valence-electron chi connectivity index (χ1n) is 5.48. The van der Waals surface area contributed by atoms with Crippen molar-refractivity contribution in [2.75, 3.05) is 13.1 Å². The van der Waals surface area contributed by atoms with Crippen LogP contribution in [0.5, 0.6) is 0 Å². The zero-order chi connectivity index (χ0) is 12.8. The Morgan fingerprint density at radius 2 is 2.12 bits per heavy atom. The van der Waals surface area contributed by atoms with Crippen LogP contribution in [0, 0.1) is 5.82 Å². The molecule has 0 heterocycles. The summed E-state index contributed by atoms with van der Waals surface area (Å²) in [5.74, 6) is -1.09. The smallest absolute Gasteiger partial charge is 0.255 e. The van der Waals surface area contributed by atoms with E-state index in [2.05, 4.69) is 10.6 Å². The summed E-state index contributed by atoms with van der Waals surface area (Å²) in [5.41, 5.74) is -0.0984. The second-order valence-electron chi connectivity index (χ2n) is 3.96. The Balaban J connectivity index is 2.53. The van der Waals surface area contributed by atoms with Crippen LogP contribution in [0.4, 0.5) is 4.39 Å². The molecule has 0 bridgehead atoms. The molecule has 0 saturated heterocycles.